The van der Waals surface area contributed by atoms with Gasteiger partial charge in [-0.05, 0) is 28.1 Å². The van der Waals surface area contributed by atoms with Crippen LogP contribution in [0.5, 0.6) is 0 Å². The van der Waals surface area contributed by atoms with Gasteiger partial charge in [-0.2, -0.15) is 10.4 Å². The largest absolute Gasteiger partial charge is 0.396 e. The van der Waals surface area contributed by atoms with Gasteiger partial charge in [-0.25, -0.2) is 9.07 Å². The van der Waals surface area contributed by atoms with Crippen molar-refractivity contribution in [1.29, 1.82) is 5.26 Å². The van der Waals surface area contributed by atoms with Crippen molar-refractivity contribution in [2.45, 2.75) is 0 Å². The molecule has 2 aromatic rings. The van der Waals surface area contributed by atoms with Crippen molar-refractivity contribution in [3.63, 3.8) is 0 Å². The summed E-state index contributed by atoms with van der Waals surface area (Å²) in [6.45, 7) is 0. The standard InChI is InChI=1S/C10H6BrFN4/c11-9-6(3-13)1-2-8(10(9)12)16-5-7(14)4-15-16/h1-2,4-5H,14H2. The molecule has 2 N–H and O–H groups in total. The summed E-state index contributed by atoms with van der Waals surface area (Å²) in [6.07, 6.45) is 2.92. The average Bonchev–Trinajstić information content (AvgIpc) is 2.69. The van der Waals surface area contributed by atoms with E-state index >= 15 is 0 Å². The number of benzene rings is 1. The molecule has 80 valence electrons. The molecule has 0 fully saturated rings. The van der Waals surface area contributed by atoms with E-state index in [9.17, 15) is 4.39 Å². The number of nitriles is 1. The van der Waals surface area contributed by atoms with Gasteiger partial charge in [0.25, 0.3) is 0 Å². The van der Waals surface area contributed by atoms with Gasteiger partial charge in [-0.15, -0.1) is 0 Å². The van der Waals surface area contributed by atoms with Crippen molar-refractivity contribution in [2.24, 2.45) is 0 Å². The maximum Gasteiger partial charge on any atom is 0.164 e. The fourth-order valence-electron chi connectivity index (χ4n) is 1.27. The quantitative estimate of drug-likeness (QED) is 0.871. The summed E-state index contributed by atoms with van der Waals surface area (Å²) in [7, 11) is 0. The van der Waals surface area contributed by atoms with E-state index in [0.717, 1.165) is 0 Å². The molecule has 0 saturated heterocycles. The van der Waals surface area contributed by atoms with Gasteiger partial charge in [0.15, 0.2) is 5.82 Å². The number of rotatable bonds is 1. The van der Waals surface area contributed by atoms with Crippen molar-refractivity contribution >= 4 is 21.6 Å². The first-order chi connectivity index (χ1) is 7.63. The molecule has 2 rings (SSSR count). The van der Waals surface area contributed by atoms with Crippen LogP contribution < -0.4 is 5.73 Å². The second-order valence-electron chi connectivity index (χ2n) is 3.09. The van der Waals surface area contributed by atoms with E-state index in [1.54, 1.807) is 0 Å². The SMILES string of the molecule is N#Cc1ccc(-n2cc(N)cn2)c(F)c1Br. The molecular weight excluding hydrogens is 275 g/mol. The normalized spacial score (nSPS) is 10.1. The molecular formula is C10H6BrFN4. The highest BCUT2D eigenvalue weighted by Gasteiger charge is 2.12. The molecule has 0 aliphatic heterocycles. The van der Waals surface area contributed by atoms with Gasteiger partial charge in [0.05, 0.1) is 28.1 Å². The molecule has 0 aliphatic rings. The van der Waals surface area contributed by atoms with Crippen molar-refractivity contribution < 1.29 is 4.39 Å². The van der Waals surface area contributed by atoms with Crippen LogP contribution in [0.25, 0.3) is 5.69 Å². The summed E-state index contributed by atoms with van der Waals surface area (Å²) in [6, 6.07) is 4.87. The van der Waals surface area contributed by atoms with Gasteiger partial charge in [-0.3, -0.25) is 0 Å². The first-order valence-electron chi connectivity index (χ1n) is 4.32. The Kier molecular flexibility index (Phi) is 2.62. The van der Waals surface area contributed by atoms with Crippen LogP contribution >= 0.6 is 15.9 Å². The molecule has 6 heteroatoms. The number of hydrogen-bond acceptors (Lipinski definition) is 3. The smallest absolute Gasteiger partial charge is 0.164 e. The Balaban J connectivity index is 2.60. The summed E-state index contributed by atoms with van der Waals surface area (Å²) in [4.78, 5) is 0. The Morgan fingerprint density at radius 1 is 1.50 bits per heavy atom. The molecule has 0 atom stereocenters. The van der Waals surface area contributed by atoms with Crippen molar-refractivity contribution in [2.75, 3.05) is 5.73 Å². The summed E-state index contributed by atoms with van der Waals surface area (Å²) in [5.41, 5.74) is 6.41. The minimum absolute atomic E-state index is 0.126. The fraction of sp³-hybridized carbons (Fsp3) is 0. The lowest BCUT2D eigenvalue weighted by Crippen LogP contribution is -2.00. The highest BCUT2D eigenvalue weighted by atomic mass is 79.9. The van der Waals surface area contributed by atoms with Gasteiger partial charge in [0.1, 0.15) is 11.8 Å². The second-order valence-corrected chi connectivity index (χ2v) is 3.88. The van der Waals surface area contributed by atoms with Crippen LogP contribution in [0.2, 0.25) is 0 Å². The summed E-state index contributed by atoms with van der Waals surface area (Å²) in [5, 5.41) is 12.6. The lowest BCUT2D eigenvalue weighted by Gasteiger charge is -2.05. The van der Waals surface area contributed by atoms with Crippen LogP contribution in [0.1, 0.15) is 5.56 Å². The summed E-state index contributed by atoms with van der Waals surface area (Å²) >= 11 is 3.03. The Morgan fingerprint density at radius 3 is 2.81 bits per heavy atom. The van der Waals surface area contributed by atoms with Crippen molar-refractivity contribution in [3.8, 4) is 11.8 Å². The van der Waals surface area contributed by atoms with Gasteiger partial charge in [0, 0.05) is 0 Å². The van der Waals surface area contributed by atoms with Crippen LogP contribution in [0, 0.1) is 17.1 Å². The lowest BCUT2D eigenvalue weighted by atomic mass is 10.2. The third kappa shape index (κ3) is 1.66. The molecule has 0 spiro atoms. The minimum atomic E-state index is -0.540. The third-order valence-corrected chi connectivity index (χ3v) is 2.81. The van der Waals surface area contributed by atoms with E-state index in [1.165, 1.54) is 29.2 Å². The molecule has 1 heterocycles. The zero-order valence-electron chi connectivity index (χ0n) is 7.98. The summed E-state index contributed by atoms with van der Waals surface area (Å²) in [5.74, 6) is -0.540. The first kappa shape index (κ1) is 10.6. The second kappa shape index (κ2) is 3.94. The molecule has 1 aromatic carbocycles. The van der Waals surface area contributed by atoms with E-state index in [4.69, 9.17) is 11.0 Å². The van der Waals surface area contributed by atoms with E-state index < -0.39 is 5.82 Å². The molecule has 1 aromatic heterocycles. The van der Waals surface area contributed by atoms with Crippen molar-refractivity contribution in [1.82, 2.24) is 9.78 Å². The van der Waals surface area contributed by atoms with E-state index in [2.05, 4.69) is 21.0 Å². The van der Waals surface area contributed by atoms with E-state index in [-0.39, 0.29) is 15.7 Å². The van der Waals surface area contributed by atoms with Gasteiger partial charge >= 0.3 is 0 Å². The Hall–Kier alpha value is -1.87. The number of nitrogens with two attached hydrogens (primary N) is 1. The Labute approximate surface area is 99.2 Å². The van der Waals surface area contributed by atoms with Crippen LogP contribution in [0.4, 0.5) is 10.1 Å². The van der Waals surface area contributed by atoms with Crippen LogP contribution in [0.15, 0.2) is 29.0 Å². The topological polar surface area (TPSA) is 67.6 Å². The fourth-order valence-corrected chi connectivity index (χ4v) is 1.69. The molecule has 16 heavy (non-hydrogen) atoms. The molecule has 0 bridgehead atoms. The van der Waals surface area contributed by atoms with E-state index in [1.807, 2.05) is 6.07 Å². The third-order valence-electron chi connectivity index (χ3n) is 2.03. The highest BCUT2D eigenvalue weighted by Crippen LogP contribution is 2.25. The maximum absolute atomic E-state index is 13.8. The van der Waals surface area contributed by atoms with Gasteiger partial charge < -0.3 is 5.73 Å². The number of hydrogen-bond donors (Lipinski definition) is 1. The highest BCUT2D eigenvalue weighted by molar-refractivity contribution is 9.10. The molecule has 0 unspecified atom stereocenters. The monoisotopic (exact) mass is 280 g/mol. The average molecular weight is 281 g/mol. The Bertz CT molecular complexity index is 585. The zero-order valence-corrected chi connectivity index (χ0v) is 9.57. The van der Waals surface area contributed by atoms with Crippen LogP contribution in [-0.4, -0.2) is 9.78 Å². The van der Waals surface area contributed by atoms with Crippen molar-refractivity contribution in [3.05, 3.63) is 40.4 Å². The van der Waals surface area contributed by atoms with Crippen LogP contribution in [0.3, 0.4) is 0 Å². The van der Waals surface area contributed by atoms with Crippen LogP contribution in [-0.2, 0) is 0 Å². The number of anilines is 1. The van der Waals surface area contributed by atoms with E-state index in [0.29, 0.717) is 5.69 Å². The lowest BCUT2D eigenvalue weighted by molar-refractivity contribution is 0.604. The maximum atomic E-state index is 13.8. The Morgan fingerprint density at radius 2 is 2.25 bits per heavy atom. The predicted octanol–water partition coefficient (Wildman–Crippen LogP) is 2.23. The molecule has 4 nitrogen and oxygen atoms in total. The first-order valence-corrected chi connectivity index (χ1v) is 5.11. The minimum Gasteiger partial charge on any atom is -0.396 e. The predicted molar refractivity (Wildman–Crippen MR) is 60.3 cm³/mol. The van der Waals surface area contributed by atoms with Gasteiger partial charge in [-0.1, -0.05) is 0 Å². The molecule has 0 radical (unpaired) electrons. The molecule has 0 amide bonds. The molecule has 0 aliphatic carbocycles. The van der Waals surface area contributed by atoms with Gasteiger partial charge in [0.2, 0.25) is 0 Å². The zero-order chi connectivity index (χ0) is 11.7. The number of halogens is 2. The summed E-state index contributed by atoms with van der Waals surface area (Å²) < 4.78 is 15.3. The number of nitrogen functional groups attached to an aromatic ring is 1. The number of aromatic nitrogens is 2. The number of nitrogens with zero attached hydrogens (tertiary/aromatic N) is 3. The molecule has 0 saturated carbocycles.